The number of hydrogen-bond acceptors (Lipinski definition) is 7. The molecule has 23 heavy (non-hydrogen) atoms. The van der Waals surface area contributed by atoms with Gasteiger partial charge in [0, 0.05) is 31.1 Å². The van der Waals surface area contributed by atoms with E-state index in [1.165, 1.54) is 18.1 Å². The predicted molar refractivity (Wildman–Crippen MR) is 93.5 cm³/mol. The minimum atomic E-state index is -0.109. The summed E-state index contributed by atoms with van der Waals surface area (Å²) in [7, 11) is 0. The lowest BCUT2D eigenvalue weighted by Crippen LogP contribution is -2.37. The molecule has 1 amide bonds. The van der Waals surface area contributed by atoms with Crippen molar-refractivity contribution in [3.63, 3.8) is 0 Å². The highest BCUT2D eigenvalue weighted by Gasteiger charge is 2.20. The SMILES string of the molecule is C[C@@H](N)CNC(=O)C1=CN(c2ncnc3nc[nH]c23)CCS1.Cl. The molecule has 0 saturated carbocycles. The molecule has 8 nitrogen and oxygen atoms in total. The third-order valence-electron chi connectivity index (χ3n) is 3.15. The summed E-state index contributed by atoms with van der Waals surface area (Å²) in [5.41, 5.74) is 7.04. The molecule has 10 heteroatoms. The number of anilines is 1. The van der Waals surface area contributed by atoms with Crippen LogP contribution in [-0.4, -0.2) is 50.7 Å². The number of fused-ring (bicyclic) bond motifs is 1. The van der Waals surface area contributed by atoms with Crippen molar-refractivity contribution in [2.75, 3.05) is 23.7 Å². The topological polar surface area (TPSA) is 113 Å². The number of carbonyl (C=O) groups is 1. The zero-order valence-electron chi connectivity index (χ0n) is 12.5. The molecule has 2 aromatic heterocycles. The van der Waals surface area contributed by atoms with E-state index >= 15 is 0 Å². The molecule has 0 spiro atoms. The molecular weight excluding hydrogens is 338 g/mol. The van der Waals surface area contributed by atoms with Gasteiger partial charge in [0.1, 0.15) is 11.8 Å². The number of amides is 1. The summed E-state index contributed by atoms with van der Waals surface area (Å²) >= 11 is 1.53. The maximum absolute atomic E-state index is 12.2. The summed E-state index contributed by atoms with van der Waals surface area (Å²) in [5.74, 6) is 1.42. The molecule has 0 aromatic carbocycles. The number of aromatic nitrogens is 4. The number of nitrogens with one attached hydrogen (secondary N) is 2. The largest absolute Gasteiger partial charge is 0.350 e. The van der Waals surface area contributed by atoms with E-state index < -0.39 is 0 Å². The molecule has 0 aliphatic carbocycles. The van der Waals surface area contributed by atoms with E-state index in [1.807, 2.05) is 18.0 Å². The Hall–Kier alpha value is -1.84. The molecule has 0 radical (unpaired) electrons. The van der Waals surface area contributed by atoms with Gasteiger partial charge in [0.2, 0.25) is 0 Å². The van der Waals surface area contributed by atoms with Crippen LogP contribution in [0.1, 0.15) is 6.92 Å². The molecule has 124 valence electrons. The number of imidazole rings is 1. The van der Waals surface area contributed by atoms with E-state index in [0.29, 0.717) is 17.1 Å². The lowest BCUT2D eigenvalue weighted by Gasteiger charge is -2.25. The highest BCUT2D eigenvalue weighted by atomic mass is 35.5. The highest BCUT2D eigenvalue weighted by molar-refractivity contribution is 8.04. The van der Waals surface area contributed by atoms with E-state index in [-0.39, 0.29) is 24.4 Å². The van der Waals surface area contributed by atoms with Crippen molar-refractivity contribution in [1.29, 1.82) is 0 Å². The van der Waals surface area contributed by atoms with Gasteiger partial charge in [-0.05, 0) is 6.92 Å². The molecule has 1 aliphatic rings. The average molecular weight is 356 g/mol. The van der Waals surface area contributed by atoms with Crippen molar-refractivity contribution in [2.45, 2.75) is 13.0 Å². The van der Waals surface area contributed by atoms with E-state index in [2.05, 4.69) is 25.3 Å². The highest BCUT2D eigenvalue weighted by Crippen LogP contribution is 2.27. The van der Waals surface area contributed by atoms with Gasteiger partial charge in [-0.2, -0.15) is 0 Å². The van der Waals surface area contributed by atoms with Gasteiger partial charge in [-0.3, -0.25) is 4.79 Å². The molecule has 0 bridgehead atoms. The van der Waals surface area contributed by atoms with Gasteiger partial charge >= 0.3 is 0 Å². The fraction of sp³-hybridized carbons (Fsp3) is 0.385. The van der Waals surface area contributed by atoms with Crippen molar-refractivity contribution in [1.82, 2.24) is 25.3 Å². The zero-order chi connectivity index (χ0) is 15.5. The standard InChI is InChI=1S/C13H17N7OS.ClH/c1-8(14)4-15-13(21)9-5-20(2-3-22-9)12-10-11(17-6-16-10)18-7-19-12;/h5-8H,2-4,14H2,1H3,(H,15,21)(H,16,17,18,19);1H/t8-;/m1./s1. The second-order valence-corrected chi connectivity index (χ2v) is 6.16. The molecule has 0 unspecified atom stereocenters. The third-order valence-corrected chi connectivity index (χ3v) is 4.13. The molecule has 1 atom stereocenters. The van der Waals surface area contributed by atoms with Gasteiger partial charge in [0.05, 0.1) is 11.2 Å². The minimum Gasteiger partial charge on any atom is -0.350 e. The van der Waals surface area contributed by atoms with Gasteiger partial charge in [-0.25, -0.2) is 15.0 Å². The van der Waals surface area contributed by atoms with Crippen LogP contribution in [0.2, 0.25) is 0 Å². The van der Waals surface area contributed by atoms with E-state index in [4.69, 9.17) is 5.73 Å². The van der Waals surface area contributed by atoms with Crippen LogP contribution in [0.25, 0.3) is 11.2 Å². The summed E-state index contributed by atoms with van der Waals surface area (Å²) in [5, 5.41) is 2.82. The summed E-state index contributed by atoms with van der Waals surface area (Å²) in [6.45, 7) is 3.07. The third kappa shape index (κ3) is 3.92. The van der Waals surface area contributed by atoms with Gasteiger partial charge in [-0.15, -0.1) is 24.2 Å². The Kier molecular flexibility index (Phi) is 5.80. The number of nitrogens with zero attached hydrogens (tertiary/aromatic N) is 4. The van der Waals surface area contributed by atoms with E-state index in [1.54, 1.807) is 6.33 Å². The Labute approximate surface area is 143 Å². The van der Waals surface area contributed by atoms with Crippen molar-refractivity contribution >= 4 is 47.1 Å². The second kappa shape index (κ2) is 7.62. The van der Waals surface area contributed by atoms with Crippen molar-refractivity contribution in [3.05, 3.63) is 23.8 Å². The van der Waals surface area contributed by atoms with Crippen molar-refractivity contribution in [2.24, 2.45) is 5.73 Å². The number of halogens is 1. The number of hydrogen-bond donors (Lipinski definition) is 3. The molecular formula is C13H18ClN7OS. The summed E-state index contributed by atoms with van der Waals surface area (Å²) in [6.07, 6.45) is 4.87. The van der Waals surface area contributed by atoms with Crippen molar-refractivity contribution in [3.8, 4) is 0 Å². The lowest BCUT2D eigenvalue weighted by atomic mass is 10.3. The number of rotatable bonds is 4. The Morgan fingerprint density at radius 3 is 3.13 bits per heavy atom. The lowest BCUT2D eigenvalue weighted by molar-refractivity contribution is -0.116. The summed E-state index contributed by atoms with van der Waals surface area (Å²) < 4.78 is 0. The molecule has 0 fully saturated rings. The maximum atomic E-state index is 12.2. The monoisotopic (exact) mass is 355 g/mol. The van der Waals surface area contributed by atoms with E-state index in [0.717, 1.165) is 23.6 Å². The smallest absolute Gasteiger partial charge is 0.259 e. The minimum absolute atomic E-state index is 0. The van der Waals surface area contributed by atoms with Crippen LogP contribution in [0.3, 0.4) is 0 Å². The Bertz CT molecular complexity index is 717. The molecule has 4 N–H and O–H groups in total. The molecule has 3 rings (SSSR count). The number of H-pyrrole nitrogens is 1. The zero-order valence-corrected chi connectivity index (χ0v) is 14.2. The quantitative estimate of drug-likeness (QED) is 0.737. The maximum Gasteiger partial charge on any atom is 0.259 e. The fourth-order valence-corrected chi connectivity index (χ4v) is 3.01. The molecule has 3 heterocycles. The van der Waals surface area contributed by atoms with Crippen molar-refractivity contribution < 1.29 is 4.79 Å². The predicted octanol–water partition coefficient (Wildman–Crippen LogP) is 0.633. The number of nitrogens with two attached hydrogens (primary N) is 1. The first-order valence-corrected chi connectivity index (χ1v) is 7.93. The number of aromatic amines is 1. The average Bonchev–Trinajstić information content (AvgIpc) is 3.01. The first-order valence-electron chi connectivity index (χ1n) is 6.94. The summed E-state index contributed by atoms with van der Waals surface area (Å²) in [6, 6.07) is -0.0688. The normalized spacial score (nSPS) is 15.7. The van der Waals surface area contributed by atoms with Gasteiger partial charge in [0.25, 0.3) is 5.91 Å². The van der Waals surface area contributed by atoms with Crippen LogP contribution in [-0.2, 0) is 4.79 Å². The van der Waals surface area contributed by atoms with Crippen LogP contribution >= 0.6 is 24.2 Å². The van der Waals surface area contributed by atoms with Crippen LogP contribution in [0, 0.1) is 0 Å². The first-order chi connectivity index (χ1) is 10.6. The molecule has 1 aliphatic heterocycles. The van der Waals surface area contributed by atoms with Gasteiger partial charge in [-0.1, -0.05) is 0 Å². The Morgan fingerprint density at radius 1 is 1.52 bits per heavy atom. The van der Waals surface area contributed by atoms with Crippen LogP contribution < -0.4 is 16.0 Å². The second-order valence-electron chi connectivity index (χ2n) is 5.02. The van der Waals surface area contributed by atoms with Gasteiger partial charge in [0.15, 0.2) is 11.5 Å². The Morgan fingerprint density at radius 2 is 2.35 bits per heavy atom. The van der Waals surface area contributed by atoms with Crippen LogP contribution in [0.5, 0.6) is 0 Å². The first kappa shape index (κ1) is 17.5. The number of carbonyl (C=O) groups excluding carboxylic acids is 1. The van der Waals surface area contributed by atoms with Crippen LogP contribution in [0.15, 0.2) is 23.8 Å². The van der Waals surface area contributed by atoms with Crippen LogP contribution in [0.4, 0.5) is 5.82 Å². The molecule has 2 aromatic rings. The molecule has 0 saturated heterocycles. The van der Waals surface area contributed by atoms with Gasteiger partial charge < -0.3 is 20.9 Å². The summed E-state index contributed by atoms with van der Waals surface area (Å²) in [4.78, 5) is 30.3. The number of thioether (sulfide) groups is 1. The Balaban J connectivity index is 0.00000192. The van der Waals surface area contributed by atoms with E-state index in [9.17, 15) is 4.79 Å². The fourth-order valence-electron chi connectivity index (χ4n) is 2.10.